The topological polar surface area (TPSA) is 78.3 Å². The maximum Gasteiger partial charge on any atom is 0.341 e. The number of methoxy groups -OCH3 is 2. The number of hydrogen-bond acceptors (Lipinski definition) is 6. The van der Waals surface area contributed by atoms with Crippen molar-refractivity contribution in [3.05, 3.63) is 16.0 Å². The molecule has 0 fully saturated rings. The third-order valence-corrected chi connectivity index (χ3v) is 5.84. The number of carbonyl (C=O) groups is 2. The number of quaternary nitrogens is 1. The lowest BCUT2D eigenvalue weighted by Crippen LogP contribution is -3.14. The van der Waals surface area contributed by atoms with Crippen LogP contribution in [-0.4, -0.2) is 65.6 Å². The third kappa shape index (κ3) is 6.27. The maximum absolute atomic E-state index is 12.6. The molecule has 1 amide bonds. The van der Waals surface area contributed by atoms with E-state index < -0.39 is 0 Å². The van der Waals surface area contributed by atoms with Gasteiger partial charge in [0.15, 0.2) is 6.54 Å². The van der Waals surface area contributed by atoms with Crippen LogP contribution in [0.15, 0.2) is 0 Å². The van der Waals surface area contributed by atoms with Crippen molar-refractivity contribution in [2.45, 2.75) is 32.6 Å². The Bertz CT molecular complexity index is 624. The number of esters is 1. The molecule has 8 heteroatoms. The summed E-state index contributed by atoms with van der Waals surface area (Å²) in [4.78, 5) is 27.4. The molecule has 0 aliphatic heterocycles. The molecule has 0 atom stereocenters. The molecule has 0 bridgehead atoms. The fourth-order valence-corrected chi connectivity index (χ4v) is 4.56. The van der Waals surface area contributed by atoms with E-state index in [0.29, 0.717) is 36.9 Å². The van der Waals surface area contributed by atoms with Gasteiger partial charge in [-0.2, -0.15) is 0 Å². The number of anilines is 1. The van der Waals surface area contributed by atoms with Crippen molar-refractivity contribution in [1.29, 1.82) is 0 Å². The van der Waals surface area contributed by atoms with Gasteiger partial charge in [-0.3, -0.25) is 4.79 Å². The van der Waals surface area contributed by atoms with Crippen molar-refractivity contribution in [3.63, 3.8) is 0 Å². The molecule has 2 rings (SSSR count). The van der Waals surface area contributed by atoms with Crippen LogP contribution in [0.5, 0.6) is 0 Å². The van der Waals surface area contributed by atoms with Gasteiger partial charge in [0.05, 0.1) is 25.4 Å². The van der Waals surface area contributed by atoms with E-state index in [9.17, 15) is 9.59 Å². The Balaban J connectivity index is 2.11. The summed E-state index contributed by atoms with van der Waals surface area (Å²) in [6.45, 7) is 5.02. The monoisotopic (exact) mass is 399 g/mol. The zero-order chi connectivity index (χ0) is 19.6. The molecule has 1 aromatic heterocycles. The molecule has 1 aliphatic carbocycles. The van der Waals surface area contributed by atoms with Gasteiger partial charge in [-0.15, -0.1) is 11.3 Å². The van der Waals surface area contributed by atoms with Gasteiger partial charge in [-0.25, -0.2) is 4.79 Å². The van der Waals surface area contributed by atoms with Crippen molar-refractivity contribution < 1.29 is 28.7 Å². The van der Waals surface area contributed by atoms with E-state index in [1.54, 1.807) is 21.1 Å². The predicted octanol–water partition coefficient (Wildman–Crippen LogP) is 0.920. The van der Waals surface area contributed by atoms with Crippen molar-refractivity contribution >= 4 is 28.2 Å². The number of carbonyl (C=O) groups excluding carboxylic acids is 2. The minimum absolute atomic E-state index is 0.110. The molecule has 1 aliphatic rings. The number of rotatable bonds is 11. The second kappa shape index (κ2) is 11.4. The van der Waals surface area contributed by atoms with E-state index >= 15 is 0 Å². The molecule has 27 heavy (non-hydrogen) atoms. The largest absolute Gasteiger partial charge is 0.462 e. The number of nitrogens with one attached hydrogen (secondary N) is 2. The number of ether oxygens (including phenoxy) is 3. The van der Waals surface area contributed by atoms with Gasteiger partial charge >= 0.3 is 5.97 Å². The fourth-order valence-electron chi connectivity index (χ4n) is 3.27. The number of aryl methyl sites for hydroxylation is 1. The lowest BCUT2D eigenvalue weighted by Gasteiger charge is -2.18. The summed E-state index contributed by atoms with van der Waals surface area (Å²) < 4.78 is 15.5. The van der Waals surface area contributed by atoms with Gasteiger partial charge in [0, 0.05) is 19.1 Å². The van der Waals surface area contributed by atoms with Crippen molar-refractivity contribution in [1.82, 2.24) is 0 Å². The van der Waals surface area contributed by atoms with Gasteiger partial charge in [-0.05, 0) is 38.2 Å². The highest BCUT2D eigenvalue weighted by Crippen LogP contribution is 2.38. The van der Waals surface area contributed by atoms with Crippen LogP contribution in [0.25, 0.3) is 0 Å². The quantitative estimate of drug-likeness (QED) is 0.541. The first-order chi connectivity index (χ1) is 13.1. The van der Waals surface area contributed by atoms with Crippen LogP contribution >= 0.6 is 11.3 Å². The molecular formula is C19H31N2O5S+. The van der Waals surface area contributed by atoms with E-state index in [1.807, 2.05) is 0 Å². The molecule has 0 saturated heterocycles. The van der Waals surface area contributed by atoms with E-state index in [2.05, 4.69) is 5.32 Å². The first-order valence-electron chi connectivity index (χ1n) is 9.53. The van der Waals surface area contributed by atoms with E-state index in [0.717, 1.165) is 49.2 Å². The summed E-state index contributed by atoms with van der Waals surface area (Å²) in [5.41, 5.74) is 1.61. The minimum atomic E-state index is -0.338. The van der Waals surface area contributed by atoms with E-state index in [-0.39, 0.29) is 11.9 Å². The van der Waals surface area contributed by atoms with Crippen molar-refractivity contribution in [2.24, 2.45) is 0 Å². The van der Waals surface area contributed by atoms with Crippen molar-refractivity contribution in [2.75, 3.05) is 59.0 Å². The Morgan fingerprint density at radius 3 is 2.41 bits per heavy atom. The zero-order valence-electron chi connectivity index (χ0n) is 16.5. The van der Waals surface area contributed by atoms with E-state index in [1.165, 1.54) is 16.2 Å². The van der Waals surface area contributed by atoms with Crippen LogP contribution in [0.3, 0.4) is 0 Å². The molecule has 0 unspecified atom stereocenters. The fraction of sp³-hybridized carbons (Fsp3) is 0.684. The summed E-state index contributed by atoms with van der Waals surface area (Å²) in [5.74, 6) is -0.448. The zero-order valence-corrected chi connectivity index (χ0v) is 17.3. The Labute approximate surface area is 165 Å². The Hall–Kier alpha value is -1.48. The molecule has 1 heterocycles. The molecular weight excluding hydrogens is 368 g/mol. The molecule has 0 saturated carbocycles. The lowest BCUT2D eigenvalue weighted by atomic mass is 9.95. The normalized spacial score (nSPS) is 13.5. The highest BCUT2D eigenvalue weighted by Gasteiger charge is 2.27. The van der Waals surface area contributed by atoms with Gasteiger partial charge in [0.2, 0.25) is 0 Å². The molecule has 0 radical (unpaired) electrons. The molecule has 152 valence electrons. The van der Waals surface area contributed by atoms with Crippen LogP contribution in [0, 0.1) is 0 Å². The summed E-state index contributed by atoms with van der Waals surface area (Å²) in [5, 5.41) is 3.59. The van der Waals surface area contributed by atoms with Crippen molar-refractivity contribution in [3.8, 4) is 0 Å². The smallest absolute Gasteiger partial charge is 0.341 e. The summed E-state index contributed by atoms with van der Waals surface area (Å²) in [7, 11) is 3.30. The lowest BCUT2D eigenvalue weighted by molar-refractivity contribution is -0.892. The van der Waals surface area contributed by atoms with Gasteiger partial charge in [0.25, 0.3) is 5.91 Å². The van der Waals surface area contributed by atoms with Crippen LogP contribution in [-0.2, 0) is 31.8 Å². The number of amides is 1. The standard InChI is InChI=1S/C19H30N2O5S/c1-4-26-19(23)17-14-7-5-6-8-15(14)27-18(17)20-16(22)13-21(9-11-24-2)10-12-25-3/h4-13H2,1-3H3,(H,20,22)/p+1. The number of fused-ring (bicyclic) bond motifs is 1. The SMILES string of the molecule is CCOC(=O)c1c(NC(=O)C[NH+](CCOC)CCOC)sc2c1CCCC2. The van der Waals surface area contributed by atoms with Crippen LogP contribution in [0.2, 0.25) is 0 Å². The Kier molecular flexibility index (Phi) is 9.20. The number of thiophene rings is 1. The predicted molar refractivity (Wildman–Crippen MR) is 105 cm³/mol. The minimum Gasteiger partial charge on any atom is -0.462 e. The van der Waals surface area contributed by atoms with Gasteiger partial charge in [-0.1, -0.05) is 0 Å². The molecule has 1 aromatic rings. The summed E-state index contributed by atoms with van der Waals surface area (Å²) in [6, 6.07) is 0. The highest BCUT2D eigenvalue weighted by atomic mass is 32.1. The highest BCUT2D eigenvalue weighted by molar-refractivity contribution is 7.17. The van der Waals surface area contributed by atoms with E-state index in [4.69, 9.17) is 14.2 Å². The molecule has 0 spiro atoms. The second-order valence-corrected chi connectivity index (χ2v) is 7.70. The van der Waals surface area contributed by atoms with Crippen LogP contribution in [0.4, 0.5) is 5.00 Å². The summed E-state index contributed by atoms with van der Waals surface area (Å²) in [6.07, 6.45) is 4.01. The van der Waals surface area contributed by atoms with Gasteiger partial charge < -0.3 is 24.4 Å². The van der Waals surface area contributed by atoms with Crippen LogP contribution < -0.4 is 10.2 Å². The average molecular weight is 400 g/mol. The first kappa shape index (κ1) is 21.8. The molecule has 0 aromatic carbocycles. The summed E-state index contributed by atoms with van der Waals surface area (Å²) >= 11 is 1.52. The Morgan fingerprint density at radius 2 is 1.78 bits per heavy atom. The average Bonchev–Trinajstić information content (AvgIpc) is 3.01. The Morgan fingerprint density at radius 1 is 1.11 bits per heavy atom. The number of hydrogen-bond donors (Lipinski definition) is 2. The molecule has 7 nitrogen and oxygen atoms in total. The second-order valence-electron chi connectivity index (χ2n) is 6.60. The maximum atomic E-state index is 12.6. The first-order valence-corrected chi connectivity index (χ1v) is 10.3. The third-order valence-electron chi connectivity index (χ3n) is 4.63. The van der Waals surface area contributed by atoms with Gasteiger partial charge in [0.1, 0.15) is 18.1 Å². The molecule has 2 N–H and O–H groups in total. The van der Waals surface area contributed by atoms with Crippen LogP contribution in [0.1, 0.15) is 40.6 Å².